The summed E-state index contributed by atoms with van der Waals surface area (Å²) >= 11 is 1.28. The molecule has 0 saturated carbocycles. The predicted molar refractivity (Wildman–Crippen MR) is 131 cm³/mol. The predicted octanol–water partition coefficient (Wildman–Crippen LogP) is 5.32. The maximum absolute atomic E-state index is 13.2. The smallest absolute Gasteiger partial charge is 0.278 e. The van der Waals surface area contributed by atoms with E-state index in [2.05, 4.69) is 10.3 Å². The van der Waals surface area contributed by atoms with Gasteiger partial charge >= 0.3 is 0 Å². The molecule has 164 valence electrons. The molecule has 0 bridgehead atoms. The SMILES string of the molecule is Cc1ccc(C)c(NC(=O)CSc2nc3c(-c4ccccc4)c[nH]c3c(=O)n2C(C)C)c1. The fraction of sp³-hybridized carbons (Fsp3) is 0.240. The van der Waals surface area contributed by atoms with E-state index in [1.165, 1.54) is 11.8 Å². The van der Waals surface area contributed by atoms with E-state index in [-0.39, 0.29) is 23.3 Å². The van der Waals surface area contributed by atoms with Crippen LogP contribution in [0.2, 0.25) is 0 Å². The molecule has 32 heavy (non-hydrogen) atoms. The third-order valence-corrected chi connectivity index (χ3v) is 6.25. The average molecular weight is 447 g/mol. The number of rotatable bonds is 6. The van der Waals surface area contributed by atoms with Crippen LogP contribution in [0.5, 0.6) is 0 Å². The standard InChI is InChI=1S/C25H26N4O2S/c1-15(2)29-24(31)23-22(19(13-26-23)18-8-6-5-7-9-18)28-25(29)32-14-21(30)27-20-12-16(3)10-11-17(20)4/h5-13,15,26H,14H2,1-4H3,(H,27,30). The minimum atomic E-state index is -0.135. The van der Waals surface area contributed by atoms with Crippen molar-refractivity contribution >= 4 is 34.4 Å². The van der Waals surface area contributed by atoms with Gasteiger partial charge < -0.3 is 10.3 Å². The number of benzene rings is 2. The number of anilines is 1. The molecule has 2 N–H and O–H groups in total. The van der Waals surface area contributed by atoms with Gasteiger partial charge in [0.05, 0.1) is 5.75 Å². The van der Waals surface area contributed by atoms with E-state index >= 15 is 0 Å². The van der Waals surface area contributed by atoms with Crippen molar-refractivity contribution < 1.29 is 4.79 Å². The van der Waals surface area contributed by atoms with Crippen LogP contribution in [0.1, 0.15) is 31.0 Å². The van der Waals surface area contributed by atoms with E-state index in [4.69, 9.17) is 4.98 Å². The molecule has 2 aromatic carbocycles. The summed E-state index contributed by atoms with van der Waals surface area (Å²) in [5.41, 5.74) is 5.71. The quantitative estimate of drug-likeness (QED) is 0.310. The molecule has 0 fully saturated rings. The Hall–Kier alpha value is -3.32. The second-order valence-corrected chi connectivity index (χ2v) is 9.05. The summed E-state index contributed by atoms with van der Waals surface area (Å²) in [5, 5.41) is 3.51. The number of hydrogen-bond donors (Lipinski definition) is 2. The molecule has 0 atom stereocenters. The van der Waals surface area contributed by atoms with Crippen LogP contribution in [0.4, 0.5) is 5.69 Å². The number of hydrogen-bond acceptors (Lipinski definition) is 4. The molecule has 0 aliphatic rings. The number of nitrogens with one attached hydrogen (secondary N) is 2. The zero-order chi connectivity index (χ0) is 22.8. The molecular weight excluding hydrogens is 420 g/mol. The number of aromatic nitrogens is 3. The van der Waals surface area contributed by atoms with Crippen molar-refractivity contribution in [3.8, 4) is 11.1 Å². The summed E-state index contributed by atoms with van der Waals surface area (Å²) in [6.45, 7) is 7.84. The van der Waals surface area contributed by atoms with Gasteiger partial charge in [0.15, 0.2) is 5.16 Å². The van der Waals surface area contributed by atoms with Crippen molar-refractivity contribution in [2.45, 2.75) is 38.9 Å². The molecule has 6 nitrogen and oxygen atoms in total. The molecule has 0 saturated heterocycles. The minimum Gasteiger partial charge on any atom is -0.355 e. The Morgan fingerprint density at radius 2 is 1.91 bits per heavy atom. The molecule has 2 heterocycles. The summed E-state index contributed by atoms with van der Waals surface area (Å²) in [5.74, 6) is 0.0223. The van der Waals surface area contributed by atoms with Gasteiger partial charge in [-0.1, -0.05) is 54.2 Å². The van der Waals surface area contributed by atoms with E-state index in [1.807, 2.05) is 82.4 Å². The number of aromatic amines is 1. The summed E-state index contributed by atoms with van der Waals surface area (Å²) in [7, 11) is 0. The number of aryl methyl sites for hydroxylation is 2. The minimum absolute atomic E-state index is 0.0903. The van der Waals surface area contributed by atoms with Crippen molar-refractivity contribution in [2.24, 2.45) is 0 Å². The van der Waals surface area contributed by atoms with Crippen LogP contribution in [0.15, 0.2) is 64.7 Å². The number of carbonyl (C=O) groups excluding carboxylic acids is 1. The van der Waals surface area contributed by atoms with Crippen LogP contribution >= 0.6 is 11.8 Å². The number of nitrogens with zero attached hydrogens (tertiary/aromatic N) is 2. The fourth-order valence-corrected chi connectivity index (χ4v) is 4.55. The van der Waals surface area contributed by atoms with Crippen molar-refractivity contribution in [1.29, 1.82) is 0 Å². The molecule has 2 aromatic heterocycles. The summed E-state index contributed by atoms with van der Waals surface area (Å²) < 4.78 is 1.64. The van der Waals surface area contributed by atoms with Gasteiger partial charge in [-0.25, -0.2) is 4.98 Å². The van der Waals surface area contributed by atoms with Crippen LogP contribution in [0.3, 0.4) is 0 Å². The van der Waals surface area contributed by atoms with Gasteiger partial charge in [-0.3, -0.25) is 14.2 Å². The third-order valence-electron chi connectivity index (χ3n) is 5.30. The number of H-pyrrole nitrogens is 1. The van der Waals surface area contributed by atoms with Gasteiger partial charge in [0.1, 0.15) is 11.0 Å². The molecule has 1 amide bonds. The molecule has 7 heteroatoms. The Morgan fingerprint density at radius 3 is 2.62 bits per heavy atom. The first-order valence-corrected chi connectivity index (χ1v) is 11.5. The number of fused-ring (bicyclic) bond motifs is 1. The Bertz CT molecular complexity index is 1340. The molecule has 4 rings (SSSR count). The van der Waals surface area contributed by atoms with Gasteiger partial charge in [0, 0.05) is 23.5 Å². The lowest BCUT2D eigenvalue weighted by atomic mass is 10.1. The summed E-state index contributed by atoms with van der Waals surface area (Å²) in [6.07, 6.45) is 1.82. The van der Waals surface area contributed by atoms with Crippen molar-refractivity contribution in [3.05, 3.63) is 76.2 Å². The highest BCUT2D eigenvalue weighted by Crippen LogP contribution is 2.28. The lowest BCUT2D eigenvalue weighted by Crippen LogP contribution is -2.26. The molecule has 0 spiro atoms. The van der Waals surface area contributed by atoms with Crippen LogP contribution in [-0.4, -0.2) is 26.2 Å². The zero-order valence-corrected chi connectivity index (χ0v) is 19.4. The molecule has 0 unspecified atom stereocenters. The monoisotopic (exact) mass is 446 g/mol. The highest BCUT2D eigenvalue weighted by molar-refractivity contribution is 7.99. The van der Waals surface area contributed by atoms with E-state index in [0.717, 1.165) is 27.9 Å². The highest BCUT2D eigenvalue weighted by Gasteiger charge is 2.19. The first-order valence-electron chi connectivity index (χ1n) is 10.5. The van der Waals surface area contributed by atoms with Gasteiger partial charge in [0.25, 0.3) is 5.56 Å². The second-order valence-electron chi connectivity index (χ2n) is 8.11. The lowest BCUT2D eigenvalue weighted by molar-refractivity contribution is -0.113. The Balaban J connectivity index is 1.66. The molecule has 0 radical (unpaired) electrons. The first-order chi connectivity index (χ1) is 15.3. The Labute approximate surface area is 191 Å². The fourth-order valence-electron chi connectivity index (χ4n) is 3.63. The highest BCUT2D eigenvalue weighted by atomic mass is 32.2. The number of amides is 1. The largest absolute Gasteiger partial charge is 0.355 e. The van der Waals surface area contributed by atoms with Crippen LogP contribution in [0.25, 0.3) is 22.2 Å². The number of thioether (sulfide) groups is 1. The van der Waals surface area contributed by atoms with E-state index in [9.17, 15) is 9.59 Å². The van der Waals surface area contributed by atoms with Gasteiger partial charge in [0.2, 0.25) is 5.91 Å². The summed E-state index contributed by atoms with van der Waals surface area (Å²) in [6, 6.07) is 15.7. The maximum Gasteiger partial charge on any atom is 0.278 e. The van der Waals surface area contributed by atoms with Crippen molar-refractivity contribution in [3.63, 3.8) is 0 Å². The van der Waals surface area contributed by atoms with Gasteiger partial charge in [-0.05, 0) is 50.5 Å². The average Bonchev–Trinajstić information content (AvgIpc) is 3.19. The Morgan fingerprint density at radius 1 is 1.16 bits per heavy atom. The topological polar surface area (TPSA) is 79.8 Å². The molecule has 0 aliphatic heterocycles. The summed E-state index contributed by atoms with van der Waals surface area (Å²) in [4.78, 5) is 33.8. The Kier molecular flexibility index (Phi) is 6.19. The van der Waals surface area contributed by atoms with Crippen molar-refractivity contribution in [2.75, 3.05) is 11.1 Å². The van der Waals surface area contributed by atoms with Crippen LogP contribution < -0.4 is 10.9 Å². The third kappa shape index (κ3) is 4.34. The molecule has 0 aliphatic carbocycles. The maximum atomic E-state index is 13.2. The lowest BCUT2D eigenvalue weighted by Gasteiger charge is -2.15. The molecular formula is C25H26N4O2S. The van der Waals surface area contributed by atoms with Gasteiger partial charge in [-0.15, -0.1) is 0 Å². The van der Waals surface area contributed by atoms with Gasteiger partial charge in [-0.2, -0.15) is 0 Å². The van der Waals surface area contributed by atoms with E-state index < -0.39 is 0 Å². The van der Waals surface area contributed by atoms with E-state index in [1.54, 1.807) is 4.57 Å². The van der Waals surface area contributed by atoms with Crippen molar-refractivity contribution in [1.82, 2.24) is 14.5 Å². The zero-order valence-electron chi connectivity index (χ0n) is 18.6. The second kappa shape index (κ2) is 9.04. The van der Waals surface area contributed by atoms with Crippen LogP contribution in [0, 0.1) is 13.8 Å². The first kappa shape index (κ1) is 21.9. The number of carbonyl (C=O) groups is 1. The molecule has 4 aromatic rings. The van der Waals surface area contributed by atoms with Crippen LogP contribution in [-0.2, 0) is 4.79 Å². The normalized spacial score (nSPS) is 11.3. The van der Waals surface area contributed by atoms with E-state index in [0.29, 0.717) is 16.2 Å².